The first-order valence-electron chi connectivity index (χ1n) is 11.4. The number of aryl methyl sites for hydroxylation is 1. The highest BCUT2D eigenvalue weighted by atomic mass is 16.2. The van der Waals surface area contributed by atoms with Gasteiger partial charge in [-0.15, -0.1) is 10.2 Å². The molecule has 6 rings (SSSR count). The molecular formula is C25H27N5O. The predicted octanol–water partition coefficient (Wildman–Crippen LogP) is 4.36. The third-order valence-electron chi connectivity index (χ3n) is 7.19. The second-order valence-electron chi connectivity index (χ2n) is 9.21. The van der Waals surface area contributed by atoms with Gasteiger partial charge in [0.25, 0.3) is 5.91 Å². The van der Waals surface area contributed by atoms with Crippen molar-refractivity contribution < 1.29 is 4.79 Å². The summed E-state index contributed by atoms with van der Waals surface area (Å²) in [5.74, 6) is 2.19. The van der Waals surface area contributed by atoms with Crippen LogP contribution >= 0.6 is 0 Å². The van der Waals surface area contributed by atoms with Crippen LogP contribution in [0.2, 0.25) is 0 Å². The maximum atomic E-state index is 13.5. The molecule has 31 heavy (non-hydrogen) atoms. The number of pyridine rings is 1. The molecule has 1 N–H and O–H groups in total. The number of para-hydroxylation sites is 1. The fourth-order valence-corrected chi connectivity index (χ4v) is 5.44. The molecule has 2 aliphatic rings. The zero-order valence-corrected chi connectivity index (χ0v) is 17.8. The number of hydrogen-bond donors (Lipinski definition) is 1. The van der Waals surface area contributed by atoms with Gasteiger partial charge in [-0.2, -0.15) is 0 Å². The first-order valence-corrected chi connectivity index (χ1v) is 11.4. The van der Waals surface area contributed by atoms with Crippen LogP contribution in [-0.4, -0.2) is 43.5 Å². The molecule has 6 heteroatoms. The minimum atomic E-state index is 0.141. The lowest BCUT2D eigenvalue weighted by Crippen LogP contribution is -2.38. The molecule has 158 valence electrons. The topological polar surface area (TPSA) is 66.3 Å². The Labute approximate surface area is 181 Å². The number of aromatic amines is 1. The van der Waals surface area contributed by atoms with Crippen molar-refractivity contribution in [2.75, 3.05) is 13.1 Å². The van der Waals surface area contributed by atoms with Crippen molar-refractivity contribution in [3.8, 4) is 0 Å². The fraction of sp³-hybridized carbons (Fsp3) is 0.400. The number of rotatable bonds is 2. The van der Waals surface area contributed by atoms with E-state index in [2.05, 4.69) is 32.6 Å². The maximum Gasteiger partial charge on any atom is 0.255 e. The molecule has 1 aliphatic carbocycles. The van der Waals surface area contributed by atoms with Crippen molar-refractivity contribution in [1.82, 2.24) is 24.5 Å². The highest BCUT2D eigenvalue weighted by molar-refractivity contribution is 6.06. The molecule has 1 saturated heterocycles. The SMILES string of the molecule is C[C@H]1CCc2[nH]c3c(C(=O)N4CCC(c5nnc6ccccn56)CC4)cccc3c2C1. The standard InChI is InChI=1S/C25H27N5O/c1-16-8-9-21-20(15-16)18-5-4-6-19(23(18)26-21)25(31)29-13-10-17(11-14-29)24-28-27-22-7-2-3-12-30(22)24/h2-7,12,16-17,26H,8-11,13-15H2,1H3/t16-/m0/s1. The van der Waals surface area contributed by atoms with Crippen LogP contribution in [0.15, 0.2) is 42.6 Å². The third kappa shape index (κ3) is 3.04. The van der Waals surface area contributed by atoms with Gasteiger partial charge >= 0.3 is 0 Å². The summed E-state index contributed by atoms with van der Waals surface area (Å²) in [4.78, 5) is 19.1. The second-order valence-corrected chi connectivity index (χ2v) is 9.21. The van der Waals surface area contributed by atoms with Crippen LogP contribution in [0.3, 0.4) is 0 Å². The fourth-order valence-electron chi connectivity index (χ4n) is 5.44. The van der Waals surface area contributed by atoms with Gasteiger partial charge in [0, 0.05) is 36.3 Å². The molecule has 1 aromatic carbocycles. The Morgan fingerprint density at radius 2 is 1.94 bits per heavy atom. The third-order valence-corrected chi connectivity index (χ3v) is 7.19. The quantitative estimate of drug-likeness (QED) is 0.531. The van der Waals surface area contributed by atoms with E-state index in [9.17, 15) is 4.79 Å². The summed E-state index contributed by atoms with van der Waals surface area (Å²) in [7, 11) is 0. The number of H-pyrrole nitrogens is 1. The number of amides is 1. The van der Waals surface area contributed by atoms with E-state index in [1.54, 1.807) is 0 Å². The number of likely N-dealkylation sites (tertiary alicyclic amines) is 1. The first-order chi connectivity index (χ1) is 15.2. The highest BCUT2D eigenvalue weighted by Gasteiger charge is 2.29. The monoisotopic (exact) mass is 413 g/mol. The Hall–Kier alpha value is -3.15. The highest BCUT2D eigenvalue weighted by Crippen LogP contribution is 2.34. The number of nitrogens with zero attached hydrogens (tertiary/aromatic N) is 4. The van der Waals surface area contributed by atoms with E-state index < -0.39 is 0 Å². The Balaban J connectivity index is 1.24. The summed E-state index contributed by atoms with van der Waals surface area (Å²) < 4.78 is 2.08. The Kier molecular flexibility index (Phi) is 4.33. The van der Waals surface area contributed by atoms with Gasteiger partial charge in [-0.3, -0.25) is 9.20 Å². The maximum absolute atomic E-state index is 13.5. The summed E-state index contributed by atoms with van der Waals surface area (Å²) in [6.07, 6.45) is 7.25. The van der Waals surface area contributed by atoms with Crippen molar-refractivity contribution in [1.29, 1.82) is 0 Å². The van der Waals surface area contributed by atoms with Crippen LogP contribution in [0.1, 0.15) is 59.5 Å². The molecule has 6 nitrogen and oxygen atoms in total. The molecule has 0 bridgehead atoms. The number of carbonyl (C=O) groups excluding carboxylic acids is 1. The lowest BCUT2D eigenvalue weighted by atomic mass is 9.87. The van der Waals surface area contributed by atoms with E-state index >= 15 is 0 Å². The summed E-state index contributed by atoms with van der Waals surface area (Å²) in [5, 5.41) is 9.96. The molecule has 1 atom stereocenters. The number of piperidine rings is 1. The summed E-state index contributed by atoms with van der Waals surface area (Å²) in [6.45, 7) is 3.82. The molecule has 1 aliphatic heterocycles. The van der Waals surface area contributed by atoms with Crippen molar-refractivity contribution in [2.45, 2.75) is 44.9 Å². The van der Waals surface area contributed by atoms with Gasteiger partial charge < -0.3 is 9.88 Å². The molecule has 4 heterocycles. The lowest BCUT2D eigenvalue weighted by Gasteiger charge is -2.31. The van der Waals surface area contributed by atoms with Crippen molar-refractivity contribution >= 4 is 22.5 Å². The average molecular weight is 414 g/mol. The van der Waals surface area contributed by atoms with Gasteiger partial charge in [0.05, 0.1) is 11.1 Å². The zero-order valence-electron chi connectivity index (χ0n) is 17.8. The minimum absolute atomic E-state index is 0.141. The first kappa shape index (κ1) is 18.6. The molecule has 3 aromatic heterocycles. The number of fused-ring (bicyclic) bond motifs is 4. The van der Waals surface area contributed by atoms with Gasteiger partial charge in [0.2, 0.25) is 0 Å². The van der Waals surface area contributed by atoms with E-state index in [1.165, 1.54) is 23.1 Å². The van der Waals surface area contributed by atoms with E-state index in [0.29, 0.717) is 11.8 Å². The van der Waals surface area contributed by atoms with Gasteiger partial charge in [-0.1, -0.05) is 25.1 Å². The molecule has 0 saturated carbocycles. The van der Waals surface area contributed by atoms with Gasteiger partial charge in [-0.05, 0) is 61.8 Å². The smallest absolute Gasteiger partial charge is 0.255 e. The number of benzene rings is 1. The van der Waals surface area contributed by atoms with E-state index in [0.717, 1.165) is 61.3 Å². The van der Waals surface area contributed by atoms with E-state index in [4.69, 9.17) is 0 Å². The molecule has 0 spiro atoms. The van der Waals surface area contributed by atoms with Crippen molar-refractivity contribution in [2.24, 2.45) is 5.92 Å². The summed E-state index contributed by atoms with van der Waals surface area (Å²) >= 11 is 0. The molecule has 0 radical (unpaired) electrons. The van der Waals surface area contributed by atoms with Gasteiger partial charge in [0.1, 0.15) is 5.82 Å². The molecular weight excluding hydrogens is 386 g/mol. The Bertz CT molecular complexity index is 1280. The summed E-state index contributed by atoms with van der Waals surface area (Å²) in [6, 6.07) is 12.2. The van der Waals surface area contributed by atoms with Crippen molar-refractivity contribution in [3.05, 3.63) is 65.2 Å². The normalized spacial score (nSPS) is 19.8. The molecule has 4 aromatic rings. The number of aromatic nitrogens is 4. The van der Waals surface area contributed by atoms with Crippen LogP contribution in [0.4, 0.5) is 0 Å². The lowest BCUT2D eigenvalue weighted by molar-refractivity contribution is 0.0712. The van der Waals surface area contributed by atoms with E-state index in [-0.39, 0.29) is 5.91 Å². The molecule has 1 fully saturated rings. The zero-order chi connectivity index (χ0) is 20.9. The van der Waals surface area contributed by atoms with Gasteiger partial charge in [-0.25, -0.2) is 0 Å². The van der Waals surface area contributed by atoms with Crippen LogP contribution in [0, 0.1) is 5.92 Å². The van der Waals surface area contributed by atoms with Crippen LogP contribution in [0.25, 0.3) is 16.6 Å². The Morgan fingerprint density at radius 1 is 1.06 bits per heavy atom. The van der Waals surface area contributed by atoms with Gasteiger partial charge in [0.15, 0.2) is 5.65 Å². The summed E-state index contributed by atoms with van der Waals surface area (Å²) in [5.41, 5.74) is 5.46. The number of nitrogens with one attached hydrogen (secondary N) is 1. The minimum Gasteiger partial charge on any atom is -0.358 e. The molecule has 1 amide bonds. The van der Waals surface area contributed by atoms with Crippen molar-refractivity contribution in [3.63, 3.8) is 0 Å². The van der Waals surface area contributed by atoms with E-state index in [1.807, 2.05) is 41.4 Å². The second kappa shape index (κ2) is 7.22. The largest absolute Gasteiger partial charge is 0.358 e. The average Bonchev–Trinajstić information content (AvgIpc) is 3.40. The molecule has 0 unspecified atom stereocenters. The van der Waals surface area contributed by atoms with Crippen LogP contribution in [-0.2, 0) is 12.8 Å². The van der Waals surface area contributed by atoms with Crippen LogP contribution < -0.4 is 0 Å². The predicted molar refractivity (Wildman–Crippen MR) is 120 cm³/mol. The number of carbonyl (C=O) groups is 1. The Morgan fingerprint density at radius 3 is 2.81 bits per heavy atom. The number of hydrogen-bond acceptors (Lipinski definition) is 3. The van der Waals surface area contributed by atoms with Crippen LogP contribution in [0.5, 0.6) is 0 Å².